The standard InChI is InChI=1S/C12H10OS2/c1-2-3-4-5-9(13)11-8-12-10(15-11)6-7-14-12/h6-8H,4-5H2,1H3. The third kappa shape index (κ3) is 2.28. The van der Waals surface area contributed by atoms with Gasteiger partial charge in [-0.3, -0.25) is 4.79 Å². The van der Waals surface area contributed by atoms with Crippen molar-refractivity contribution in [3.05, 3.63) is 22.4 Å². The summed E-state index contributed by atoms with van der Waals surface area (Å²) in [6.45, 7) is 1.80. The minimum Gasteiger partial charge on any atom is -0.293 e. The first-order chi connectivity index (χ1) is 7.31. The normalized spacial score (nSPS) is 9.93. The maximum absolute atomic E-state index is 11.7. The van der Waals surface area contributed by atoms with Crippen molar-refractivity contribution >= 4 is 37.9 Å². The van der Waals surface area contributed by atoms with E-state index in [0.29, 0.717) is 12.8 Å². The first-order valence-corrected chi connectivity index (χ1v) is 6.40. The molecular formula is C12H10OS2. The van der Waals surface area contributed by atoms with Gasteiger partial charge in [-0.05, 0) is 24.4 Å². The molecule has 0 amide bonds. The van der Waals surface area contributed by atoms with Gasteiger partial charge in [-0.25, -0.2) is 0 Å². The molecule has 0 saturated heterocycles. The Bertz CT molecular complexity index is 508. The van der Waals surface area contributed by atoms with E-state index in [4.69, 9.17) is 0 Å². The first-order valence-electron chi connectivity index (χ1n) is 4.71. The van der Waals surface area contributed by atoms with Gasteiger partial charge in [0, 0.05) is 22.2 Å². The molecule has 3 heteroatoms. The largest absolute Gasteiger partial charge is 0.293 e. The summed E-state index contributed by atoms with van der Waals surface area (Å²) in [7, 11) is 0. The van der Waals surface area contributed by atoms with E-state index in [1.807, 2.05) is 6.07 Å². The lowest BCUT2D eigenvalue weighted by molar-refractivity contribution is 0.0988. The van der Waals surface area contributed by atoms with Crippen molar-refractivity contribution in [2.24, 2.45) is 0 Å². The van der Waals surface area contributed by atoms with Crippen LogP contribution in [0.5, 0.6) is 0 Å². The van der Waals surface area contributed by atoms with Crippen molar-refractivity contribution in [1.82, 2.24) is 0 Å². The zero-order valence-electron chi connectivity index (χ0n) is 8.37. The van der Waals surface area contributed by atoms with Crippen LogP contribution in [0.3, 0.4) is 0 Å². The van der Waals surface area contributed by atoms with Crippen LogP contribution in [0, 0.1) is 11.8 Å². The van der Waals surface area contributed by atoms with Crippen molar-refractivity contribution < 1.29 is 4.79 Å². The fraction of sp³-hybridized carbons (Fsp3) is 0.250. The smallest absolute Gasteiger partial charge is 0.173 e. The number of fused-ring (bicyclic) bond motifs is 1. The van der Waals surface area contributed by atoms with E-state index in [2.05, 4.69) is 23.3 Å². The second kappa shape index (κ2) is 4.61. The second-order valence-corrected chi connectivity index (χ2v) is 5.14. The molecule has 0 aromatic carbocycles. The Morgan fingerprint density at radius 3 is 3.07 bits per heavy atom. The van der Waals surface area contributed by atoms with E-state index < -0.39 is 0 Å². The van der Waals surface area contributed by atoms with Gasteiger partial charge in [-0.1, -0.05) is 0 Å². The number of ketones is 1. The van der Waals surface area contributed by atoms with Gasteiger partial charge in [-0.2, -0.15) is 0 Å². The van der Waals surface area contributed by atoms with Crippen molar-refractivity contribution in [2.45, 2.75) is 19.8 Å². The van der Waals surface area contributed by atoms with Crippen LogP contribution in [-0.4, -0.2) is 5.78 Å². The van der Waals surface area contributed by atoms with Crippen LogP contribution in [0.4, 0.5) is 0 Å². The summed E-state index contributed by atoms with van der Waals surface area (Å²) < 4.78 is 2.43. The average Bonchev–Trinajstić information content (AvgIpc) is 2.76. The quantitative estimate of drug-likeness (QED) is 0.580. The number of hydrogen-bond donors (Lipinski definition) is 0. The maximum atomic E-state index is 11.7. The molecule has 2 rings (SSSR count). The minimum atomic E-state index is 0.214. The molecule has 0 aliphatic rings. The number of carbonyl (C=O) groups excluding carboxylic acids is 1. The SMILES string of the molecule is CC#CCCC(=O)c1cc2sccc2s1. The van der Waals surface area contributed by atoms with Gasteiger partial charge in [0.05, 0.1) is 4.88 Å². The van der Waals surface area contributed by atoms with E-state index in [0.717, 1.165) is 4.88 Å². The zero-order chi connectivity index (χ0) is 10.7. The summed E-state index contributed by atoms with van der Waals surface area (Å²) in [6, 6.07) is 4.06. The molecule has 0 bridgehead atoms. The fourth-order valence-corrected chi connectivity index (χ4v) is 3.40. The molecule has 0 spiro atoms. The minimum absolute atomic E-state index is 0.214. The number of carbonyl (C=O) groups is 1. The van der Waals surface area contributed by atoms with Crippen LogP contribution in [0.1, 0.15) is 29.4 Å². The van der Waals surface area contributed by atoms with Crippen molar-refractivity contribution in [2.75, 3.05) is 0 Å². The highest BCUT2D eigenvalue weighted by Crippen LogP contribution is 2.30. The topological polar surface area (TPSA) is 17.1 Å². The first kappa shape index (κ1) is 10.4. The van der Waals surface area contributed by atoms with Gasteiger partial charge < -0.3 is 0 Å². The van der Waals surface area contributed by atoms with E-state index in [-0.39, 0.29) is 5.78 Å². The summed E-state index contributed by atoms with van der Waals surface area (Å²) in [6.07, 6.45) is 1.20. The molecule has 76 valence electrons. The lowest BCUT2D eigenvalue weighted by Crippen LogP contribution is -1.93. The molecule has 0 radical (unpaired) electrons. The highest BCUT2D eigenvalue weighted by molar-refractivity contribution is 7.27. The number of Topliss-reactive ketones (excluding diaryl/α,β-unsaturated/α-hetero) is 1. The molecule has 0 fully saturated rings. The molecule has 0 atom stereocenters. The van der Waals surface area contributed by atoms with Crippen LogP contribution >= 0.6 is 22.7 Å². The lowest BCUT2D eigenvalue weighted by atomic mass is 10.2. The number of hydrogen-bond acceptors (Lipinski definition) is 3. The van der Waals surface area contributed by atoms with E-state index in [9.17, 15) is 4.79 Å². The van der Waals surface area contributed by atoms with Crippen LogP contribution in [-0.2, 0) is 0 Å². The molecule has 15 heavy (non-hydrogen) atoms. The van der Waals surface area contributed by atoms with E-state index >= 15 is 0 Å². The molecule has 2 aromatic heterocycles. The predicted molar refractivity (Wildman–Crippen MR) is 66.7 cm³/mol. The van der Waals surface area contributed by atoms with Crippen molar-refractivity contribution in [3.63, 3.8) is 0 Å². The second-order valence-electron chi connectivity index (χ2n) is 3.11. The third-order valence-corrected chi connectivity index (χ3v) is 4.20. The molecule has 0 aliphatic carbocycles. The summed E-state index contributed by atoms with van der Waals surface area (Å²) in [4.78, 5) is 12.6. The molecule has 2 aromatic rings. The molecular weight excluding hydrogens is 224 g/mol. The Hall–Kier alpha value is -1.11. The van der Waals surface area contributed by atoms with Crippen LogP contribution in [0.2, 0.25) is 0 Å². The van der Waals surface area contributed by atoms with Gasteiger partial charge in [0.25, 0.3) is 0 Å². The Morgan fingerprint density at radius 2 is 2.33 bits per heavy atom. The maximum Gasteiger partial charge on any atom is 0.173 e. The summed E-state index contributed by atoms with van der Waals surface area (Å²) in [5, 5.41) is 2.05. The average molecular weight is 234 g/mol. The third-order valence-electron chi connectivity index (χ3n) is 2.07. The monoisotopic (exact) mass is 234 g/mol. The van der Waals surface area contributed by atoms with Gasteiger partial charge in [0.2, 0.25) is 0 Å². The highest BCUT2D eigenvalue weighted by Gasteiger charge is 2.09. The fourth-order valence-electron chi connectivity index (χ4n) is 1.33. The predicted octanol–water partition coefficient (Wildman–Crippen LogP) is 3.95. The van der Waals surface area contributed by atoms with Crippen molar-refractivity contribution in [3.8, 4) is 11.8 Å². The van der Waals surface area contributed by atoms with Crippen LogP contribution < -0.4 is 0 Å². The number of rotatable bonds is 3. The molecule has 0 aliphatic heterocycles. The van der Waals surface area contributed by atoms with Gasteiger partial charge in [-0.15, -0.1) is 34.5 Å². The zero-order valence-corrected chi connectivity index (χ0v) is 10.0. The van der Waals surface area contributed by atoms with E-state index in [1.54, 1.807) is 29.6 Å². The van der Waals surface area contributed by atoms with Crippen LogP contribution in [0.15, 0.2) is 17.5 Å². The van der Waals surface area contributed by atoms with Gasteiger partial charge >= 0.3 is 0 Å². The van der Waals surface area contributed by atoms with Crippen molar-refractivity contribution in [1.29, 1.82) is 0 Å². The Kier molecular flexibility index (Phi) is 3.20. The Labute approximate surface area is 96.7 Å². The highest BCUT2D eigenvalue weighted by atomic mass is 32.1. The number of thiophene rings is 2. The molecule has 0 saturated carbocycles. The lowest BCUT2D eigenvalue weighted by Gasteiger charge is -1.91. The Morgan fingerprint density at radius 1 is 1.47 bits per heavy atom. The van der Waals surface area contributed by atoms with Gasteiger partial charge in [0.15, 0.2) is 5.78 Å². The summed E-state index contributed by atoms with van der Waals surface area (Å²) in [5.74, 6) is 5.93. The Balaban J connectivity index is 2.12. The molecule has 1 nitrogen and oxygen atoms in total. The molecule has 0 unspecified atom stereocenters. The van der Waals surface area contributed by atoms with Gasteiger partial charge in [0.1, 0.15) is 0 Å². The molecule has 2 heterocycles. The van der Waals surface area contributed by atoms with E-state index in [1.165, 1.54) is 9.40 Å². The summed E-state index contributed by atoms with van der Waals surface area (Å²) >= 11 is 3.27. The van der Waals surface area contributed by atoms with Crippen LogP contribution in [0.25, 0.3) is 9.40 Å². The summed E-state index contributed by atoms with van der Waals surface area (Å²) in [5.41, 5.74) is 0. The molecule has 0 N–H and O–H groups in total.